The van der Waals surface area contributed by atoms with Crippen LogP contribution in [0.2, 0.25) is 0 Å². The van der Waals surface area contributed by atoms with Gasteiger partial charge in [-0.2, -0.15) is 0 Å². The van der Waals surface area contributed by atoms with Gasteiger partial charge in [0.15, 0.2) is 0 Å². The summed E-state index contributed by atoms with van der Waals surface area (Å²) in [6.07, 6.45) is 38.0. The Bertz CT molecular complexity index is 608. The molecule has 1 unspecified atom stereocenters. The first kappa shape index (κ1) is 30.9. The van der Waals surface area contributed by atoms with Crippen LogP contribution in [0, 0.1) is 0 Å². The Hall–Kier alpha value is -2.13. The van der Waals surface area contributed by atoms with Crippen molar-refractivity contribution in [2.75, 3.05) is 6.61 Å². The zero-order valence-corrected chi connectivity index (χ0v) is 21.2. The summed E-state index contributed by atoms with van der Waals surface area (Å²) in [4.78, 5) is 11.2. The van der Waals surface area contributed by atoms with Gasteiger partial charge in [-0.3, -0.25) is 4.79 Å². The molecule has 0 aromatic rings. The van der Waals surface area contributed by atoms with Gasteiger partial charge in [-0.15, -0.1) is 0 Å². The van der Waals surface area contributed by atoms with Crippen molar-refractivity contribution >= 4 is 5.97 Å². The molecule has 0 fully saturated rings. The van der Waals surface area contributed by atoms with E-state index in [0.717, 1.165) is 77.0 Å². The number of esters is 1. The Balaban J connectivity index is 3.55. The van der Waals surface area contributed by atoms with Gasteiger partial charge in [-0.25, -0.2) is 0 Å². The Labute approximate surface area is 203 Å². The second-order valence-corrected chi connectivity index (χ2v) is 8.05. The van der Waals surface area contributed by atoms with Crippen molar-refractivity contribution < 1.29 is 14.6 Å². The normalized spacial score (nSPS) is 13.7. The Kier molecular flexibility index (Phi) is 24.4. The third kappa shape index (κ3) is 26.0. The first-order valence-corrected chi connectivity index (χ1v) is 12.9. The van der Waals surface area contributed by atoms with Crippen LogP contribution in [0.4, 0.5) is 0 Å². The van der Waals surface area contributed by atoms with E-state index < -0.39 is 0 Å². The van der Waals surface area contributed by atoms with Crippen LogP contribution in [0.3, 0.4) is 0 Å². The quantitative estimate of drug-likeness (QED) is 0.107. The lowest BCUT2D eigenvalue weighted by molar-refractivity contribution is -0.143. The lowest BCUT2D eigenvalue weighted by atomic mass is 10.1. The summed E-state index contributed by atoms with van der Waals surface area (Å²) < 4.78 is 4.91. The molecule has 33 heavy (non-hydrogen) atoms. The highest BCUT2D eigenvalue weighted by Crippen LogP contribution is 2.10. The fourth-order valence-electron chi connectivity index (χ4n) is 3.13. The van der Waals surface area contributed by atoms with Crippen LogP contribution in [0.25, 0.3) is 0 Å². The van der Waals surface area contributed by atoms with E-state index in [2.05, 4.69) is 79.8 Å². The molecule has 0 saturated heterocycles. The molecule has 0 aliphatic heterocycles. The van der Waals surface area contributed by atoms with E-state index >= 15 is 0 Å². The van der Waals surface area contributed by atoms with Gasteiger partial charge in [0.25, 0.3) is 0 Å². The molecule has 3 heteroatoms. The van der Waals surface area contributed by atoms with E-state index in [1.54, 1.807) is 0 Å². The molecule has 0 aromatic heterocycles. The van der Waals surface area contributed by atoms with E-state index in [0.29, 0.717) is 13.0 Å². The van der Waals surface area contributed by atoms with Crippen LogP contribution in [0.5, 0.6) is 0 Å². The van der Waals surface area contributed by atoms with E-state index in [1.165, 1.54) is 0 Å². The zero-order chi connectivity index (χ0) is 24.2. The van der Waals surface area contributed by atoms with Gasteiger partial charge in [0, 0.05) is 6.42 Å². The molecule has 186 valence electrons. The first-order valence-electron chi connectivity index (χ1n) is 12.9. The summed E-state index contributed by atoms with van der Waals surface area (Å²) in [5.41, 5.74) is 0. The van der Waals surface area contributed by atoms with Gasteiger partial charge < -0.3 is 9.84 Å². The van der Waals surface area contributed by atoms with Crippen molar-refractivity contribution in [3.63, 3.8) is 0 Å². The first-order chi connectivity index (χ1) is 16.2. The lowest BCUT2D eigenvalue weighted by Crippen LogP contribution is -2.06. The minimum absolute atomic E-state index is 0.115. The second kappa shape index (κ2) is 26.1. The molecular formula is C30H48O3. The summed E-state index contributed by atoms with van der Waals surface area (Å²) >= 11 is 0. The van der Waals surface area contributed by atoms with Crippen LogP contribution < -0.4 is 0 Å². The molecule has 1 atom stereocenters. The fraction of sp³-hybridized carbons (Fsp3) is 0.567. The van der Waals surface area contributed by atoms with Crippen LogP contribution in [0.15, 0.2) is 72.9 Å². The number of allylic oxidation sites excluding steroid dienone is 12. The van der Waals surface area contributed by atoms with Crippen molar-refractivity contribution in [2.45, 2.75) is 103 Å². The monoisotopic (exact) mass is 456 g/mol. The third-order valence-corrected chi connectivity index (χ3v) is 4.99. The average Bonchev–Trinajstić information content (AvgIpc) is 2.80. The highest BCUT2D eigenvalue weighted by Gasteiger charge is 2.04. The third-order valence-electron chi connectivity index (χ3n) is 4.99. The Morgan fingerprint density at radius 1 is 0.667 bits per heavy atom. The predicted molar refractivity (Wildman–Crippen MR) is 143 cm³/mol. The van der Waals surface area contributed by atoms with E-state index in [4.69, 9.17) is 4.74 Å². The molecule has 0 amide bonds. The second-order valence-electron chi connectivity index (χ2n) is 8.05. The van der Waals surface area contributed by atoms with E-state index in [1.807, 2.05) is 6.92 Å². The summed E-state index contributed by atoms with van der Waals surface area (Å²) in [7, 11) is 0. The SMILES string of the molecule is CC/C=C\C/C=C\C/C=C\C/C=C\C/C=C\C/C=C\CCC(O)CCCCCC(=O)OCC. The molecule has 0 aromatic carbocycles. The van der Waals surface area contributed by atoms with Gasteiger partial charge in [-0.05, 0) is 71.1 Å². The number of aliphatic hydroxyl groups is 1. The molecule has 0 bridgehead atoms. The van der Waals surface area contributed by atoms with E-state index in [9.17, 15) is 9.90 Å². The van der Waals surface area contributed by atoms with Crippen molar-refractivity contribution in [1.29, 1.82) is 0 Å². The number of carbonyl (C=O) groups is 1. The standard InChI is InChI=1S/C30H48O3/c1-3-5-6-7-8-9-10-11-12-13-14-15-16-17-18-19-20-21-23-26-29(31)27-24-22-25-28-30(32)33-4-2/h5-6,8-9,11-12,14-15,17-18,20-21,29,31H,3-4,7,10,13,16,19,22-28H2,1-2H3/b6-5-,9-8-,12-11-,15-14-,18-17-,21-20-. The lowest BCUT2D eigenvalue weighted by Gasteiger charge is -2.08. The van der Waals surface area contributed by atoms with Gasteiger partial charge >= 0.3 is 5.97 Å². The van der Waals surface area contributed by atoms with Crippen molar-refractivity contribution in [3.8, 4) is 0 Å². The van der Waals surface area contributed by atoms with Gasteiger partial charge in [-0.1, -0.05) is 92.7 Å². The van der Waals surface area contributed by atoms with Crippen LogP contribution in [0.1, 0.15) is 97.3 Å². The summed E-state index contributed by atoms with van der Waals surface area (Å²) in [6, 6.07) is 0. The molecule has 0 aliphatic carbocycles. The van der Waals surface area contributed by atoms with Crippen molar-refractivity contribution in [3.05, 3.63) is 72.9 Å². The molecule has 0 radical (unpaired) electrons. The summed E-state index contributed by atoms with van der Waals surface area (Å²) in [6.45, 7) is 4.43. The average molecular weight is 457 g/mol. The number of hydrogen-bond acceptors (Lipinski definition) is 3. The number of unbranched alkanes of at least 4 members (excludes halogenated alkanes) is 2. The zero-order valence-electron chi connectivity index (χ0n) is 21.2. The molecular weight excluding hydrogens is 408 g/mol. The van der Waals surface area contributed by atoms with Crippen molar-refractivity contribution in [2.24, 2.45) is 0 Å². The van der Waals surface area contributed by atoms with Gasteiger partial charge in [0.1, 0.15) is 0 Å². The summed E-state index contributed by atoms with van der Waals surface area (Å²) in [5.74, 6) is -0.115. The molecule has 0 rings (SSSR count). The largest absolute Gasteiger partial charge is 0.466 e. The highest BCUT2D eigenvalue weighted by molar-refractivity contribution is 5.69. The molecule has 0 heterocycles. The molecule has 3 nitrogen and oxygen atoms in total. The highest BCUT2D eigenvalue weighted by atomic mass is 16.5. The van der Waals surface area contributed by atoms with Crippen LogP contribution in [-0.2, 0) is 9.53 Å². The minimum Gasteiger partial charge on any atom is -0.466 e. The number of aliphatic hydroxyl groups excluding tert-OH is 1. The molecule has 1 N–H and O–H groups in total. The number of hydrogen-bond donors (Lipinski definition) is 1. The van der Waals surface area contributed by atoms with Crippen molar-refractivity contribution in [1.82, 2.24) is 0 Å². The molecule has 0 saturated carbocycles. The maximum atomic E-state index is 11.2. The smallest absolute Gasteiger partial charge is 0.305 e. The number of rotatable bonds is 21. The maximum absolute atomic E-state index is 11.2. The Morgan fingerprint density at radius 2 is 1.15 bits per heavy atom. The van der Waals surface area contributed by atoms with Gasteiger partial charge in [0.05, 0.1) is 12.7 Å². The van der Waals surface area contributed by atoms with Crippen LogP contribution >= 0.6 is 0 Å². The topological polar surface area (TPSA) is 46.5 Å². The predicted octanol–water partition coefficient (Wildman–Crippen LogP) is 8.34. The fourth-order valence-corrected chi connectivity index (χ4v) is 3.13. The number of ether oxygens (including phenoxy) is 1. The molecule has 0 aliphatic rings. The van der Waals surface area contributed by atoms with E-state index in [-0.39, 0.29) is 12.1 Å². The maximum Gasteiger partial charge on any atom is 0.305 e. The van der Waals surface area contributed by atoms with Gasteiger partial charge in [0.2, 0.25) is 0 Å². The molecule has 0 spiro atoms. The van der Waals surface area contributed by atoms with Crippen LogP contribution in [-0.4, -0.2) is 23.8 Å². The number of carbonyl (C=O) groups excluding carboxylic acids is 1. The Morgan fingerprint density at radius 3 is 1.64 bits per heavy atom. The minimum atomic E-state index is -0.244. The summed E-state index contributed by atoms with van der Waals surface area (Å²) in [5, 5.41) is 10.0.